The van der Waals surface area contributed by atoms with Crippen molar-refractivity contribution in [3.05, 3.63) is 174 Å². The van der Waals surface area contributed by atoms with Crippen molar-refractivity contribution >= 4 is 97.7 Å². The van der Waals surface area contributed by atoms with Crippen LogP contribution in [0.4, 0.5) is 11.4 Å². The first kappa shape index (κ1) is 38.7. The summed E-state index contributed by atoms with van der Waals surface area (Å²) in [6, 6.07) is 41.6. The molecule has 0 saturated heterocycles. The van der Waals surface area contributed by atoms with Crippen molar-refractivity contribution in [3.63, 3.8) is 0 Å². The first-order valence-corrected chi connectivity index (χ1v) is 19.1. The molecular formula is C42H32Br4N4O2. The molecule has 0 spiro atoms. The normalized spacial score (nSPS) is 10.4. The monoisotopic (exact) mass is 940 g/mol. The summed E-state index contributed by atoms with van der Waals surface area (Å²) >= 11 is 13.6. The quantitative estimate of drug-likeness (QED) is 0.101. The first-order valence-electron chi connectivity index (χ1n) is 15.9. The number of ketones is 2. The summed E-state index contributed by atoms with van der Waals surface area (Å²) in [6.45, 7) is 4.05. The fourth-order valence-corrected chi connectivity index (χ4v) is 6.00. The number of fused-ring (bicyclic) bond motifs is 1. The van der Waals surface area contributed by atoms with Gasteiger partial charge in [0, 0.05) is 40.1 Å². The lowest BCUT2D eigenvalue weighted by Crippen LogP contribution is -2.14. The van der Waals surface area contributed by atoms with Gasteiger partial charge in [0.25, 0.3) is 0 Å². The summed E-state index contributed by atoms with van der Waals surface area (Å²) in [5.41, 5.74) is 21.1. The van der Waals surface area contributed by atoms with Crippen LogP contribution < -0.4 is 11.5 Å². The molecule has 260 valence electrons. The Morgan fingerprint density at radius 3 is 1.21 bits per heavy atom. The van der Waals surface area contributed by atoms with Gasteiger partial charge in [-0.15, -0.1) is 0 Å². The molecule has 4 N–H and O–H groups in total. The summed E-state index contributed by atoms with van der Waals surface area (Å²) in [5, 5.41) is 0. The number of halogens is 4. The predicted molar refractivity (Wildman–Crippen MR) is 227 cm³/mol. The fourth-order valence-electron chi connectivity index (χ4n) is 4.94. The molecule has 0 aliphatic heterocycles. The Hall–Kier alpha value is -4.48. The van der Waals surface area contributed by atoms with Gasteiger partial charge in [-0.25, -0.2) is 9.97 Å². The molecule has 0 aliphatic rings. The molecule has 0 unspecified atom stereocenters. The number of hydrogen-bond donors (Lipinski definition) is 2. The van der Waals surface area contributed by atoms with E-state index in [1.54, 1.807) is 48.5 Å². The van der Waals surface area contributed by atoms with E-state index < -0.39 is 11.6 Å². The number of hydrogen-bond acceptors (Lipinski definition) is 6. The molecule has 0 bridgehead atoms. The predicted octanol–water partition coefficient (Wildman–Crippen LogP) is 12.2. The molecule has 7 aromatic rings. The molecule has 0 saturated carbocycles. The summed E-state index contributed by atoms with van der Waals surface area (Å²) in [4.78, 5) is 33.8. The molecular weight excluding hydrogens is 912 g/mol. The van der Waals surface area contributed by atoms with Crippen LogP contribution in [-0.4, -0.2) is 21.5 Å². The number of benzene rings is 6. The van der Waals surface area contributed by atoms with E-state index in [4.69, 9.17) is 21.4 Å². The number of nitrogens with zero attached hydrogens (tertiary/aromatic N) is 2. The van der Waals surface area contributed by atoms with E-state index in [0.29, 0.717) is 22.5 Å². The van der Waals surface area contributed by atoms with Crippen LogP contribution in [0.15, 0.2) is 151 Å². The second-order valence-electron chi connectivity index (χ2n) is 11.7. The number of aromatic nitrogens is 2. The zero-order valence-electron chi connectivity index (χ0n) is 28.1. The largest absolute Gasteiger partial charge is 0.397 e. The number of anilines is 2. The molecule has 52 heavy (non-hydrogen) atoms. The Morgan fingerprint density at radius 1 is 0.442 bits per heavy atom. The molecule has 1 aromatic heterocycles. The molecule has 0 aliphatic carbocycles. The second-order valence-corrected chi connectivity index (χ2v) is 15.4. The van der Waals surface area contributed by atoms with Crippen LogP contribution >= 0.6 is 63.7 Å². The van der Waals surface area contributed by atoms with Crippen LogP contribution in [0.2, 0.25) is 0 Å². The molecule has 0 radical (unpaired) electrons. The van der Waals surface area contributed by atoms with E-state index >= 15 is 0 Å². The Morgan fingerprint density at radius 2 is 0.808 bits per heavy atom. The highest BCUT2D eigenvalue weighted by Crippen LogP contribution is 2.32. The van der Waals surface area contributed by atoms with Gasteiger partial charge in [-0.2, -0.15) is 0 Å². The van der Waals surface area contributed by atoms with E-state index in [9.17, 15) is 9.59 Å². The number of carbonyl (C=O) groups excluding carboxylic acids is 2. The standard InChI is InChI=1S/C21H14Br2N2.C14H8Br2O2.C7H10N2/c1-13-2-11-18-19(12-13)25-21(15-5-9-17(23)10-6-15)20(24-18)14-3-7-16(22)8-4-14;15-11-5-1-9(2-6-11)13(17)14(18)10-3-7-12(16)8-4-10;1-5-2-3-6(8)7(9)4-5/h2-12H,1H3;1-8H;2-4H,8-9H2,1H3. The van der Waals surface area contributed by atoms with Crippen molar-refractivity contribution in [2.24, 2.45) is 0 Å². The lowest BCUT2D eigenvalue weighted by atomic mass is 10.0. The maximum atomic E-state index is 12.0. The lowest BCUT2D eigenvalue weighted by molar-refractivity contribution is 0.0817. The third-order valence-corrected chi connectivity index (χ3v) is 9.83. The molecule has 0 atom stereocenters. The van der Waals surface area contributed by atoms with Gasteiger partial charge in [-0.05, 0) is 122 Å². The van der Waals surface area contributed by atoms with Crippen LogP contribution in [0.1, 0.15) is 31.8 Å². The zero-order valence-corrected chi connectivity index (χ0v) is 34.4. The molecule has 0 amide bonds. The summed E-state index contributed by atoms with van der Waals surface area (Å²) in [7, 11) is 0. The van der Waals surface area contributed by atoms with E-state index in [1.807, 2.05) is 55.5 Å². The van der Waals surface area contributed by atoms with E-state index in [1.165, 1.54) is 5.56 Å². The Bertz CT molecular complexity index is 2290. The van der Waals surface area contributed by atoms with Crippen molar-refractivity contribution in [1.29, 1.82) is 0 Å². The minimum absolute atomic E-state index is 0.395. The number of carbonyl (C=O) groups is 2. The Labute approximate surface area is 336 Å². The van der Waals surface area contributed by atoms with E-state index in [2.05, 4.69) is 107 Å². The van der Waals surface area contributed by atoms with Gasteiger partial charge in [0.1, 0.15) is 0 Å². The molecule has 6 aromatic carbocycles. The Balaban J connectivity index is 0.000000168. The molecule has 0 fully saturated rings. The van der Waals surface area contributed by atoms with Crippen molar-refractivity contribution < 1.29 is 9.59 Å². The molecule has 7 rings (SSSR count). The van der Waals surface area contributed by atoms with Crippen LogP contribution in [0, 0.1) is 13.8 Å². The third kappa shape index (κ3) is 10.3. The van der Waals surface area contributed by atoms with Crippen LogP contribution in [-0.2, 0) is 0 Å². The second kappa shape index (κ2) is 17.8. The van der Waals surface area contributed by atoms with Gasteiger partial charge < -0.3 is 11.5 Å². The maximum absolute atomic E-state index is 12.0. The molecule has 6 nitrogen and oxygen atoms in total. The minimum atomic E-state index is -0.496. The van der Waals surface area contributed by atoms with Gasteiger partial charge >= 0.3 is 0 Å². The van der Waals surface area contributed by atoms with Crippen LogP contribution in [0.3, 0.4) is 0 Å². The highest BCUT2D eigenvalue weighted by Gasteiger charge is 2.18. The third-order valence-electron chi connectivity index (χ3n) is 7.72. The molecule has 10 heteroatoms. The van der Waals surface area contributed by atoms with Crippen LogP contribution in [0.25, 0.3) is 33.5 Å². The lowest BCUT2D eigenvalue weighted by Gasteiger charge is -2.11. The van der Waals surface area contributed by atoms with Gasteiger partial charge in [0.15, 0.2) is 0 Å². The van der Waals surface area contributed by atoms with Gasteiger partial charge in [-0.1, -0.05) is 100 Å². The number of aryl methyl sites for hydroxylation is 2. The summed E-state index contributed by atoms with van der Waals surface area (Å²) in [5.74, 6) is -0.991. The van der Waals surface area contributed by atoms with Crippen LogP contribution in [0.5, 0.6) is 0 Å². The number of nitrogen functional groups attached to an aromatic ring is 2. The van der Waals surface area contributed by atoms with Crippen molar-refractivity contribution in [1.82, 2.24) is 9.97 Å². The highest BCUT2D eigenvalue weighted by molar-refractivity contribution is 9.11. The SMILES string of the molecule is Cc1ccc(N)c(N)c1.Cc1ccc2nc(-c3ccc(Br)cc3)c(-c3ccc(Br)cc3)nc2c1.O=C(C(=O)c1ccc(Br)cc1)c1ccc(Br)cc1. The zero-order chi connectivity index (χ0) is 37.4. The van der Waals surface area contributed by atoms with Crippen molar-refractivity contribution in [2.45, 2.75) is 13.8 Å². The smallest absolute Gasteiger partial charge is 0.233 e. The topological polar surface area (TPSA) is 112 Å². The molecule has 1 heterocycles. The van der Waals surface area contributed by atoms with Crippen molar-refractivity contribution in [3.8, 4) is 22.5 Å². The average molecular weight is 944 g/mol. The van der Waals surface area contributed by atoms with E-state index in [-0.39, 0.29) is 0 Å². The first-order chi connectivity index (χ1) is 24.9. The number of rotatable bonds is 5. The minimum Gasteiger partial charge on any atom is -0.397 e. The highest BCUT2D eigenvalue weighted by atomic mass is 79.9. The van der Waals surface area contributed by atoms with Gasteiger partial charge in [0.2, 0.25) is 11.6 Å². The number of nitrogens with two attached hydrogens (primary N) is 2. The van der Waals surface area contributed by atoms with Gasteiger partial charge in [-0.3, -0.25) is 9.59 Å². The Kier molecular flexibility index (Phi) is 13.3. The maximum Gasteiger partial charge on any atom is 0.233 e. The van der Waals surface area contributed by atoms with Crippen molar-refractivity contribution in [2.75, 3.05) is 11.5 Å². The summed E-state index contributed by atoms with van der Waals surface area (Å²) < 4.78 is 3.84. The van der Waals surface area contributed by atoms with E-state index in [0.717, 1.165) is 57.0 Å². The summed E-state index contributed by atoms with van der Waals surface area (Å²) in [6.07, 6.45) is 0. The number of Topliss-reactive ketones (excluding diaryl/α,β-unsaturated/α-hetero) is 2. The van der Waals surface area contributed by atoms with Gasteiger partial charge in [0.05, 0.1) is 33.8 Å². The fraction of sp³-hybridized carbons (Fsp3) is 0.0476. The average Bonchev–Trinajstić information content (AvgIpc) is 3.14.